The van der Waals surface area contributed by atoms with E-state index in [4.69, 9.17) is 9.47 Å². The second-order valence-electron chi connectivity index (χ2n) is 7.38. The molecular formula is C23H28F3N3O6. The topological polar surface area (TPSA) is 103 Å². The van der Waals surface area contributed by atoms with Gasteiger partial charge in [0.1, 0.15) is 17.9 Å². The van der Waals surface area contributed by atoms with Gasteiger partial charge >= 0.3 is 6.18 Å². The third-order valence-corrected chi connectivity index (χ3v) is 5.05. The maximum Gasteiger partial charge on any atom is 0.422 e. The number of carbonyl (C=O) groups is 1. The van der Waals surface area contributed by atoms with Crippen molar-refractivity contribution < 1.29 is 37.1 Å². The second-order valence-corrected chi connectivity index (χ2v) is 7.38. The minimum Gasteiger partial charge on any atom is -0.493 e. The summed E-state index contributed by atoms with van der Waals surface area (Å²) in [5, 5.41) is 13.8. The summed E-state index contributed by atoms with van der Waals surface area (Å²) in [7, 11) is 1.48. The van der Waals surface area contributed by atoms with Crippen LogP contribution in [0.3, 0.4) is 0 Å². The van der Waals surface area contributed by atoms with Crippen molar-refractivity contribution in [1.29, 1.82) is 0 Å². The van der Waals surface area contributed by atoms with Crippen LogP contribution in [0.4, 0.5) is 18.9 Å². The first kappa shape index (κ1) is 27.7. The quantitative estimate of drug-likeness (QED) is 0.326. The number of nitrogens with one attached hydrogen (secondary N) is 1. The van der Waals surface area contributed by atoms with Gasteiger partial charge in [-0.2, -0.15) is 13.2 Å². The molecule has 0 aromatic heterocycles. The van der Waals surface area contributed by atoms with Gasteiger partial charge in [-0.3, -0.25) is 14.9 Å². The fraction of sp³-hybridized carbons (Fsp3) is 0.435. The highest BCUT2D eigenvalue weighted by atomic mass is 19.4. The largest absolute Gasteiger partial charge is 0.493 e. The van der Waals surface area contributed by atoms with E-state index >= 15 is 0 Å². The van der Waals surface area contributed by atoms with Crippen LogP contribution < -0.4 is 19.5 Å². The maximum atomic E-state index is 12.6. The van der Waals surface area contributed by atoms with Gasteiger partial charge in [0, 0.05) is 19.2 Å². The second kappa shape index (κ2) is 12.8. The van der Waals surface area contributed by atoms with E-state index in [9.17, 15) is 28.1 Å². The third kappa shape index (κ3) is 8.63. The minimum absolute atomic E-state index is 0.0142. The highest BCUT2D eigenvalue weighted by Gasteiger charge is 2.29. The van der Waals surface area contributed by atoms with Crippen molar-refractivity contribution in [3.8, 4) is 17.2 Å². The van der Waals surface area contributed by atoms with Gasteiger partial charge in [-0.1, -0.05) is 19.9 Å². The molecule has 0 atom stereocenters. The van der Waals surface area contributed by atoms with Crippen LogP contribution in [0.15, 0.2) is 36.4 Å². The number of carbonyl (C=O) groups excluding carboxylic acids is 1. The lowest BCUT2D eigenvalue weighted by Crippen LogP contribution is -2.28. The lowest BCUT2D eigenvalue weighted by Gasteiger charge is -2.19. The normalized spacial score (nSPS) is 11.3. The molecule has 2 aromatic rings. The molecule has 0 spiro atoms. The molecule has 0 aliphatic heterocycles. The molecule has 2 aromatic carbocycles. The Bertz CT molecular complexity index is 1010. The Morgan fingerprint density at radius 1 is 1.09 bits per heavy atom. The molecule has 192 valence electrons. The van der Waals surface area contributed by atoms with E-state index in [1.807, 2.05) is 0 Å². The fourth-order valence-corrected chi connectivity index (χ4v) is 3.15. The number of nitrogens with zero attached hydrogens (tertiary/aromatic N) is 2. The molecule has 1 amide bonds. The average molecular weight is 499 g/mol. The Morgan fingerprint density at radius 2 is 1.80 bits per heavy atom. The number of alkyl halides is 3. The van der Waals surface area contributed by atoms with Crippen LogP contribution >= 0.6 is 0 Å². The molecule has 0 saturated carbocycles. The van der Waals surface area contributed by atoms with Gasteiger partial charge in [0.2, 0.25) is 0 Å². The zero-order valence-electron chi connectivity index (χ0n) is 19.7. The van der Waals surface area contributed by atoms with E-state index in [0.29, 0.717) is 23.7 Å². The number of likely N-dealkylation sites (N-methyl/N-ethyl adjacent to an activating group) is 1. The Hall–Kier alpha value is -3.54. The summed E-state index contributed by atoms with van der Waals surface area (Å²) in [5.74, 6) is -0.177. The number of rotatable bonds is 13. The standard InChI is InChI=1S/C23H28F3N3O6/c1-4-28(5-2)10-11-34-20-9-6-16(12-21(20)33-3)14-27-22(30)18-13-17(35-15-23(24,25)26)7-8-19(18)29(31)32/h6-9,12-13H,4-5,10-11,14-15H2,1-3H3,(H,27,30). The van der Waals surface area contributed by atoms with Crippen LogP contribution in [0.1, 0.15) is 29.8 Å². The van der Waals surface area contributed by atoms with Gasteiger partial charge < -0.3 is 24.4 Å². The first-order valence-electron chi connectivity index (χ1n) is 10.9. The molecule has 35 heavy (non-hydrogen) atoms. The van der Waals surface area contributed by atoms with Crippen LogP contribution in [0, 0.1) is 10.1 Å². The van der Waals surface area contributed by atoms with Gasteiger partial charge in [-0.25, -0.2) is 0 Å². The van der Waals surface area contributed by atoms with Crippen molar-refractivity contribution in [2.45, 2.75) is 26.6 Å². The van der Waals surface area contributed by atoms with Crippen LogP contribution in [0.5, 0.6) is 17.2 Å². The van der Waals surface area contributed by atoms with E-state index in [2.05, 4.69) is 28.8 Å². The molecule has 0 saturated heterocycles. The highest BCUT2D eigenvalue weighted by Crippen LogP contribution is 2.29. The van der Waals surface area contributed by atoms with Crippen LogP contribution in [-0.4, -0.2) is 61.9 Å². The molecule has 0 unspecified atom stereocenters. The lowest BCUT2D eigenvalue weighted by molar-refractivity contribution is -0.385. The van der Waals surface area contributed by atoms with Crippen molar-refractivity contribution in [1.82, 2.24) is 10.2 Å². The SMILES string of the molecule is CCN(CC)CCOc1ccc(CNC(=O)c2cc(OCC(F)(F)F)ccc2[N+](=O)[O-])cc1OC. The molecular weight excluding hydrogens is 471 g/mol. The number of amides is 1. The van der Waals surface area contributed by atoms with Gasteiger partial charge in [0.15, 0.2) is 18.1 Å². The monoisotopic (exact) mass is 499 g/mol. The van der Waals surface area contributed by atoms with Crippen LogP contribution in [0.2, 0.25) is 0 Å². The molecule has 1 N–H and O–H groups in total. The number of nitro groups is 1. The van der Waals surface area contributed by atoms with E-state index in [1.165, 1.54) is 7.11 Å². The molecule has 9 nitrogen and oxygen atoms in total. The Balaban J connectivity index is 2.08. The molecule has 0 radical (unpaired) electrons. The summed E-state index contributed by atoms with van der Waals surface area (Å²) in [4.78, 5) is 25.3. The van der Waals surface area contributed by atoms with Crippen molar-refractivity contribution >= 4 is 11.6 Å². The number of ether oxygens (including phenoxy) is 3. The fourth-order valence-electron chi connectivity index (χ4n) is 3.15. The Kier molecular flexibility index (Phi) is 10.1. The molecule has 2 rings (SSSR count). The lowest BCUT2D eigenvalue weighted by atomic mass is 10.1. The third-order valence-electron chi connectivity index (χ3n) is 5.05. The Morgan fingerprint density at radius 3 is 2.40 bits per heavy atom. The summed E-state index contributed by atoms with van der Waals surface area (Å²) >= 11 is 0. The van der Waals surface area contributed by atoms with E-state index in [1.54, 1.807) is 18.2 Å². The molecule has 12 heteroatoms. The van der Waals surface area contributed by atoms with Crippen LogP contribution in [-0.2, 0) is 6.54 Å². The Labute approximate surface area is 200 Å². The van der Waals surface area contributed by atoms with Gasteiger partial charge in [-0.15, -0.1) is 0 Å². The predicted octanol–water partition coefficient (Wildman–Crippen LogP) is 4.20. The van der Waals surface area contributed by atoms with Crippen molar-refractivity contribution in [2.75, 3.05) is 40.0 Å². The minimum atomic E-state index is -4.59. The summed E-state index contributed by atoms with van der Waals surface area (Å²) in [5.41, 5.74) is -0.354. The first-order valence-corrected chi connectivity index (χ1v) is 10.9. The zero-order chi connectivity index (χ0) is 26.0. The zero-order valence-corrected chi connectivity index (χ0v) is 19.7. The molecule has 0 aliphatic rings. The van der Waals surface area contributed by atoms with Crippen molar-refractivity contribution in [2.24, 2.45) is 0 Å². The molecule has 0 bridgehead atoms. The average Bonchev–Trinajstić information content (AvgIpc) is 2.83. The smallest absolute Gasteiger partial charge is 0.422 e. The van der Waals surface area contributed by atoms with Gasteiger partial charge in [0.05, 0.1) is 12.0 Å². The van der Waals surface area contributed by atoms with E-state index < -0.39 is 34.9 Å². The summed E-state index contributed by atoms with van der Waals surface area (Å²) < 4.78 is 53.0. The van der Waals surface area contributed by atoms with E-state index in [0.717, 1.165) is 37.8 Å². The van der Waals surface area contributed by atoms with Gasteiger partial charge in [0.25, 0.3) is 11.6 Å². The molecule has 0 fully saturated rings. The summed E-state index contributed by atoms with van der Waals surface area (Å²) in [6.07, 6.45) is -4.59. The van der Waals surface area contributed by atoms with E-state index in [-0.39, 0.29) is 12.3 Å². The number of halogens is 3. The first-order chi connectivity index (χ1) is 16.6. The molecule has 0 heterocycles. The van der Waals surface area contributed by atoms with Gasteiger partial charge in [-0.05, 0) is 42.9 Å². The number of methoxy groups -OCH3 is 1. The predicted molar refractivity (Wildman–Crippen MR) is 122 cm³/mol. The summed E-state index contributed by atoms with van der Waals surface area (Å²) in [6, 6.07) is 7.89. The highest BCUT2D eigenvalue weighted by molar-refractivity contribution is 5.98. The number of hydrogen-bond donors (Lipinski definition) is 1. The number of nitro benzene ring substituents is 1. The maximum absolute atomic E-state index is 12.6. The molecule has 0 aliphatic carbocycles. The van der Waals surface area contributed by atoms with Crippen molar-refractivity contribution in [3.05, 3.63) is 57.6 Å². The number of benzene rings is 2. The van der Waals surface area contributed by atoms with Crippen LogP contribution in [0.25, 0.3) is 0 Å². The number of hydrogen-bond acceptors (Lipinski definition) is 7. The summed E-state index contributed by atoms with van der Waals surface area (Å²) in [6.45, 7) is 5.55. The van der Waals surface area contributed by atoms with Crippen molar-refractivity contribution in [3.63, 3.8) is 0 Å².